The normalized spacial score (nSPS) is 18.9. The highest BCUT2D eigenvalue weighted by Gasteiger charge is 2.49. The Bertz CT molecular complexity index is 917. The van der Waals surface area contributed by atoms with Crippen molar-refractivity contribution < 1.29 is 14.4 Å². The molecule has 138 valence electrons. The summed E-state index contributed by atoms with van der Waals surface area (Å²) in [5, 5.41) is 13.5. The number of carbonyl (C=O) groups is 3. The van der Waals surface area contributed by atoms with Gasteiger partial charge in [0.05, 0.1) is 18.2 Å². The Balaban J connectivity index is 1.73. The summed E-state index contributed by atoms with van der Waals surface area (Å²) in [5.74, 6) is -0.814. The number of nitrogens with zero attached hydrogens (tertiary/aromatic N) is 3. The number of rotatable bonds is 5. The van der Waals surface area contributed by atoms with Crippen molar-refractivity contribution in [2.24, 2.45) is 0 Å². The van der Waals surface area contributed by atoms with Gasteiger partial charge in [-0.25, -0.2) is 4.79 Å². The Hall–Kier alpha value is -3.18. The van der Waals surface area contributed by atoms with Gasteiger partial charge in [-0.1, -0.05) is 18.2 Å². The third-order valence-electron chi connectivity index (χ3n) is 4.56. The molecule has 1 aromatic carbocycles. The number of thiophene rings is 1. The molecule has 1 N–H and O–H groups in total. The van der Waals surface area contributed by atoms with E-state index < -0.39 is 17.5 Å². The lowest BCUT2D eigenvalue weighted by Gasteiger charge is -2.23. The van der Waals surface area contributed by atoms with E-state index in [1.807, 2.05) is 23.6 Å². The summed E-state index contributed by atoms with van der Waals surface area (Å²) in [4.78, 5) is 41.1. The van der Waals surface area contributed by atoms with E-state index in [1.54, 1.807) is 38.2 Å². The van der Waals surface area contributed by atoms with Gasteiger partial charge >= 0.3 is 6.03 Å². The number of amides is 4. The van der Waals surface area contributed by atoms with Crippen LogP contribution < -0.4 is 5.32 Å². The SMILES string of the molecule is CN(Cc1cccs1)C(=O)CN1C(=O)NC(C)(c2ccc(C#N)cc2)C1=O. The summed E-state index contributed by atoms with van der Waals surface area (Å²) < 4.78 is 0. The Morgan fingerprint density at radius 1 is 1.30 bits per heavy atom. The summed E-state index contributed by atoms with van der Waals surface area (Å²) in [5.41, 5.74) is -0.249. The van der Waals surface area contributed by atoms with Gasteiger partial charge in [0, 0.05) is 11.9 Å². The Labute approximate surface area is 160 Å². The van der Waals surface area contributed by atoms with E-state index in [2.05, 4.69) is 5.32 Å². The van der Waals surface area contributed by atoms with Crippen molar-refractivity contribution in [2.75, 3.05) is 13.6 Å². The molecule has 1 unspecified atom stereocenters. The van der Waals surface area contributed by atoms with Crippen molar-refractivity contribution in [3.8, 4) is 6.07 Å². The van der Waals surface area contributed by atoms with Gasteiger partial charge in [-0.3, -0.25) is 14.5 Å². The number of imide groups is 1. The van der Waals surface area contributed by atoms with E-state index in [0.29, 0.717) is 17.7 Å². The maximum Gasteiger partial charge on any atom is 0.325 e. The minimum Gasteiger partial charge on any atom is -0.339 e. The molecule has 1 fully saturated rings. The summed E-state index contributed by atoms with van der Waals surface area (Å²) in [6.45, 7) is 1.69. The molecular weight excluding hydrogens is 364 g/mol. The molecule has 8 heteroatoms. The molecule has 2 heterocycles. The van der Waals surface area contributed by atoms with Crippen LogP contribution in [0.1, 0.15) is 22.9 Å². The molecule has 2 aromatic rings. The predicted octanol–water partition coefficient (Wildman–Crippen LogP) is 2.05. The van der Waals surface area contributed by atoms with E-state index in [-0.39, 0.29) is 12.5 Å². The van der Waals surface area contributed by atoms with Crippen LogP contribution in [0, 0.1) is 11.3 Å². The molecule has 1 aliphatic heterocycles. The summed E-state index contributed by atoms with van der Waals surface area (Å²) in [7, 11) is 1.64. The number of benzene rings is 1. The first-order valence-corrected chi connectivity index (χ1v) is 9.14. The predicted molar refractivity (Wildman–Crippen MR) is 99.5 cm³/mol. The van der Waals surface area contributed by atoms with E-state index in [1.165, 1.54) is 16.2 Å². The molecule has 27 heavy (non-hydrogen) atoms. The fourth-order valence-corrected chi connectivity index (χ4v) is 3.65. The van der Waals surface area contributed by atoms with Gasteiger partial charge in [-0.05, 0) is 36.1 Å². The molecule has 0 spiro atoms. The highest BCUT2D eigenvalue weighted by molar-refractivity contribution is 7.09. The minimum absolute atomic E-state index is 0.321. The number of nitriles is 1. The quantitative estimate of drug-likeness (QED) is 0.801. The molecule has 4 amide bonds. The number of urea groups is 1. The summed E-state index contributed by atoms with van der Waals surface area (Å²) in [6, 6.07) is 11.7. The molecule has 0 radical (unpaired) electrons. The Kier molecular flexibility index (Phi) is 4.97. The van der Waals surface area contributed by atoms with Crippen LogP contribution in [0.4, 0.5) is 4.79 Å². The highest BCUT2D eigenvalue weighted by atomic mass is 32.1. The molecule has 3 rings (SSSR count). The van der Waals surface area contributed by atoms with Crippen LogP contribution in [0.25, 0.3) is 0 Å². The monoisotopic (exact) mass is 382 g/mol. The van der Waals surface area contributed by atoms with Crippen molar-refractivity contribution in [3.05, 3.63) is 57.8 Å². The number of likely N-dealkylation sites (N-methyl/N-ethyl adjacent to an activating group) is 1. The maximum absolute atomic E-state index is 12.9. The van der Waals surface area contributed by atoms with Gasteiger partial charge in [-0.2, -0.15) is 5.26 Å². The zero-order chi connectivity index (χ0) is 19.6. The van der Waals surface area contributed by atoms with Gasteiger partial charge in [-0.15, -0.1) is 11.3 Å². The van der Waals surface area contributed by atoms with Crippen LogP contribution >= 0.6 is 11.3 Å². The number of hydrogen-bond donors (Lipinski definition) is 1. The second-order valence-electron chi connectivity index (χ2n) is 6.46. The van der Waals surface area contributed by atoms with Crippen LogP contribution in [0.2, 0.25) is 0 Å². The first-order chi connectivity index (χ1) is 12.8. The van der Waals surface area contributed by atoms with Gasteiger partial charge in [0.2, 0.25) is 5.91 Å². The first-order valence-electron chi connectivity index (χ1n) is 8.26. The van der Waals surface area contributed by atoms with Crippen LogP contribution in [-0.4, -0.2) is 41.2 Å². The highest BCUT2D eigenvalue weighted by Crippen LogP contribution is 2.29. The number of carbonyl (C=O) groups excluding carboxylic acids is 3. The third-order valence-corrected chi connectivity index (χ3v) is 5.42. The smallest absolute Gasteiger partial charge is 0.325 e. The van der Waals surface area contributed by atoms with Crippen molar-refractivity contribution in [3.63, 3.8) is 0 Å². The zero-order valence-corrected chi connectivity index (χ0v) is 15.7. The maximum atomic E-state index is 12.9. The second kappa shape index (κ2) is 7.21. The lowest BCUT2D eigenvalue weighted by molar-refractivity contribution is -0.138. The van der Waals surface area contributed by atoms with Gasteiger partial charge < -0.3 is 10.2 Å². The van der Waals surface area contributed by atoms with Gasteiger partial charge in [0.25, 0.3) is 5.91 Å². The van der Waals surface area contributed by atoms with Crippen molar-refractivity contribution >= 4 is 29.2 Å². The van der Waals surface area contributed by atoms with Crippen LogP contribution in [0.5, 0.6) is 0 Å². The fourth-order valence-electron chi connectivity index (χ4n) is 2.89. The number of hydrogen-bond acceptors (Lipinski definition) is 5. The van der Waals surface area contributed by atoms with E-state index >= 15 is 0 Å². The second-order valence-corrected chi connectivity index (χ2v) is 7.50. The van der Waals surface area contributed by atoms with Gasteiger partial charge in [0.15, 0.2) is 0 Å². The molecule has 0 saturated carbocycles. The van der Waals surface area contributed by atoms with E-state index in [4.69, 9.17) is 5.26 Å². The van der Waals surface area contributed by atoms with Crippen LogP contribution in [0.15, 0.2) is 41.8 Å². The fraction of sp³-hybridized carbons (Fsp3) is 0.263. The molecule has 1 atom stereocenters. The lowest BCUT2D eigenvalue weighted by Crippen LogP contribution is -2.43. The Morgan fingerprint density at radius 3 is 2.59 bits per heavy atom. The molecule has 1 aromatic heterocycles. The molecule has 1 saturated heterocycles. The zero-order valence-electron chi connectivity index (χ0n) is 14.9. The topological polar surface area (TPSA) is 93.5 Å². The van der Waals surface area contributed by atoms with Crippen molar-refractivity contribution in [1.82, 2.24) is 15.1 Å². The largest absolute Gasteiger partial charge is 0.339 e. The first kappa shape index (κ1) is 18.6. The standard InChI is InChI=1S/C19H18N4O3S/c1-19(14-7-5-13(10-20)6-8-14)17(25)23(18(26)21-19)12-16(24)22(2)11-15-4-3-9-27-15/h3-9H,11-12H2,1-2H3,(H,21,26). The number of nitrogens with one attached hydrogen (secondary N) is 1. The van der Waals surface area contributed by atoms with E-state index in [9.17, 15) is 14.4 Å². The average Bonchev–Trinajstić information content (AvgIpc) is 3.24. The molecule has 7 nitrogen and oxygen atoms in total. The lowest BCUT2D eigenvalue weighted by atomic mass is 9.91. The third kappa shape index (κ3) is 3.55. The summed E-state index contributed by atoms with van der Waals surface area (Å²) >= 11 is 1.54. The molecular formula is C19H18N4O3S. The molecule has 0 bridgehead atoms. The summed E-state index contributed by atoms with van der Waals surface area (Å²) in [6.07, 6.45) is 0. The van der Waals surface area contributed by atoms with Gasteiger partial charge in [0.1, 0.15) is 12.1 Å². The van der Waals surface area contributed by atoms with Crippen LogP contribution in [0.3, 0.4) is 0 Å². The minimum atomic E-state index is -1.27. The van der Waals surface area contributed by atoms with Crippen molar-refractivity contribution in [2.45, 2.75) is 19.0 Å². The van der Waals surface area contributed by atoms with Crippen molar-refractivity contribution in [1.29, 1.82) is 5.26 Å². The Morgan fingerprint density at radius 2 is 2.00 bits per heavy atom. The van der Waals surface area contributed by atoms with E-state index in [0.717, 1.165) is 9.78 Å². The molecule has 0 aliphatic carbocycles. The molecule has 1 aliphatic rings. The van der Waals surface area contributed by atoms with Crippen LogP contribution in [-0.2, 0) is 21.7 Å². The average molecular weight is 382 g/mol.